The van der Waals surface area contributed by atoms with E-state index in [1.165, 1.54) is 18.4 Å². The van der Waals surface area contributed by atoms with Gasteiger partial charge in [0.2, 0.25) is 0 Å². The Hall–Kier alpha value is -0.550. The number of nitrogens with zero attached hydrogens (tertiary/aromatic N) is 1. The average molecular weight is 396 g/mol. The second-order valence-corrected chi connectivity index (χ2v) is 8.78. The van der Waals surface area contributed by atoms with Crippen LogP contribution in [0.1, 0.15) is 72.8 Å². The summed E-state index contributed by atoms with van der Waals surface area (Å²) in [4.78, 5) is 0. The van der Waals surface area contributed by atoms with Crippen molar-refractivity contribution in [2.24, 2.45) is 17.8 Å². The van der Waals surface area contributed by atoms with Gasteiger partial charge < -0.3 is 9.84 Å². The Morgan fingerprint density at radius 3 is 2.11 bits per heavy atom. The highest BCUT2D eigenvalue weighted by Crippen LogP contribution is 2.41. The van der Waals surface area contributed by atoms with Gasteiger partial charge in [0, 0.05) is 18.5 Å². The SMILES string of the molecule is CC.CC(C)C.CC1CCC(C(C2CC2)N(S)Cc2ccccc2)OC1O. The van der Waals surface area contributed by atoms with E-state index in [1.54, 1.807) is 0 Å². The third kappa shape index (κ3) is 8.99. The molecule has 4 unspecified atom stereocenters. The molecule has 1 aliphatic heterocycles. The Kier molecular flexibility index (Phi) is 11.6. The molecule has 156 valence electrons. The van der Waals surface area contributed by atoms with Crippen molar-refractivity contribution in [2.75, 3.05) is 0 Å². The second-order valence-electron chi connectivity index (χ2n) is 8.26. The molecular formula is C23H41NO2S. The minimum atomic E-state index is -0.622. The van der Waals surface area contributed by atoms with E-state index >= 15 is 0 Å². The lowest BCUT2D eigenvalue weighted by Gasteiger charge is -2.39. The summed E-state index contributed by atoms with van der Waals surface area (Å²) in [5.74, 6) is 1.74. The number of ether oxygens (including phenoxy) is 1. The van der Waals surface area contributed by atoms with Crippen LogP contribution in [0.4, 0.5) is 0 Å². The first kappa shape index (κ1) is 24.5. The number of aliphatic hydroxyl groups excluding tert-OH is 1. The fourth-order valence-corrected chi connectivity index (χ4v) is 3.76. The van der Waals surface area contributed by atoms with Gasteiger partial charge >= 0.3 is 0 Å². The average Bonchev–Trinajstić information content (AvgIpc) is 3.45. The quantitative estimate of drug-likeness (QED) is 0.606. The van der Waals surface area contributed by atoms with Crippen LogP contribution in [-0.2, 0) is 11.3 Å². The van der Waals surface area contributed by atoms with E-state index in [1.807, 2.05) is 19.9 Å². The standard InChI is InChI=1S/C17H25NO2S.C4H10.C2H6/c1-12-7-10-15(20-17(12)19)16(14-8-9-14)18(21)11-13-5-3-2-4-6-13;1-4(2)3;1-2/h2-6,12,14-17,19,21H,7-11H2,1H3;4H,1-3H3;1-2H3. The Morgan fingerprint density at radius 1 is 1.07 bits per heavy atom. The maximum Gasteiger partial charge on any atom is 0.157 e. The van der Waals surface area contributed by atoms with E-state index < -0.39 is 6.29 Å². The lowest BCUT2D eigenvalue weighted by molar-refractivity contribution is -0.202. The molecule has 4 heteroatoms. The van der Waals surface area contributed by atoms with Crippen LogP contribution in [0.3, 0.4) is 0 Å². The topological polar surface area (TPSA) is 32.7 Å². The Balaban J connectivity index is 0.000000541. The molecule has 1 saturated heterocycles. The largest absolute Gasteiger partial charge is 0.368 e. The first-order valence-electron chi connectivity index (χ1n) is 10.7. The predicted molar refractivity (Wildman–Crippen MR) is 119 cm³/mol. The summed E-state index contributed by atoms with van der Waals surface area (Å²) in [6.45, 7) is 13.4. The zero-order chi connectivity index (χ0) is 20.4. The van der Waals surface area contributed by atoms with Gasteiger partial charge in [0.25, 0.3) is 0 Å². The number of hydrogen-bond acceptors (Lipinski definition) is 4. The zero-order valence-corrected chi connectivity index (χ0v) is 19.0. The summed E-state index contributed by atoms with van der Waals surface area (Å²) >= 11 is 4.75. The van der Waals surface area contributed by atoms with Crippen molar-refractivity contribution < 1.29 is 9.84 Å². The molecule has 1 saturated carbocycles. The van der Waals surface area contributed by atoms with Crippen molar-refractivity contribution in [2.45, 2.75) is 92.2 Å². The normalized spacial score (nSPS) is 25.9. The maximum absolute atomic E-state index is 10.0. The molecule has 0 aromatic heterocycles. The van der Waals surface area contributed by atoms with Gasteiger partial charge in [-0.2, -0.15) is 0 Å². The minimum Gasteiger partial charge on any atom is -0.368 e. The lowest BCUT2D eigenvalue weighted by Crippen LogP contribution is -2.47. The molecule has 1 aliphatic carbocycles. The molecule has 0 radical (unpaired) electrons. The van der Waals surface area contributed by atoms with Gasteiger partial charge in [0.1, 0.15) is 0 Å². The molecule has 3 nitrogen and oxygen atoms in total. The second kappa shape index (κ2) is 12.8. The summed E-state index contributed by atoms with van der Waals surface area (Å²) in [7, 11) is 0. The highest BCUT2D eigenvalue weighted by Gasteiger charge is 2.43. The van der Waals surface area contributed by atoms with Crippen molar-refractivity contribution in [3.63, 3.8) is 0 Å². The smallest absolute Gasteiger partial charge is 0.157 e. The predicted octanol–water partition coefficient (Wildman–Crippen LogP) is 5.93. The summed E-state index contributed by atoms with van der Waals surface area (Å²) in [6, 6.07) is 10.7. The molecule has 2 fully saturated rings. The van der Waals surface area contributed by atoms with Crippen LogP contribution in [-0.4, -0.2) is 27.8 Å². The van der Waals surface area contributed by atoms with E-state index in [0.29, 0.717) is 12.0 Å². The van der Waals surface area contributed by atoms with Gasteiger partial charge in [-0.15, -0.1) is 0 Å². The maximum atomic E-state index is 10.0. The molecule has 0 bridgehead atoms. The van der Waals surface area contributed by atoms with Gasteiger partial charge in [0.15, 0.2) is 6.29 Å². The van der Waals surface area contributed by atoms with Crippen molar-refractivity contribution >= 4 is 12.8 Å². The third-order valence-corrected chi connectivity index (χ3v) is 5.13. The van der Waals surface area contributed by atoms with Gasteiger partial charge in [-0.3, -0.25) is 0 Å². The van der Waals surface area contributed by atoms with Gasteiger partial charge in [0.05, 0.1) is 6.10 Å². The Morgan fingerprint density at radius 2 is 1.63 bits per heavy atom. The summed E-state index contributed by atoms with van der Waals surface area (Å²) in [6.07, 6.45) is 4.03. The number of benzene rings is 1. The van der Waals surface area contributed by atoms with Gasteiger partial charge in [-0.1, -0.05) is 84.7 Å². The molecule has 27 heavy (non-hydrogen) atoms. The van der Waals surface area contributed by atoms with E-state index in [-0.39, 0.29) is 12.0 Å². The lowest BCUT2D eigenvalue weighted by atomic mass is 9.92. The monoisotopic (exact) mass is 395 g/mol. The van der Waals surface area contributed by atoms with Crippen molar-refractivity contribution in [1.29, 1.82) is 0 Å². The van der Waals surface area contributed by atoms with Crippen molar-refractivity contribution in [3.05, 3.63) is 35.9 Å². The Labute approximate surface area is 173 Å². The molecule has 2 aliphatic rings. The van der Waals surface area contributed by atoms with Gasteiger partial charge in [-0.05, 0) is 43.1 Å². The molecule has 1 aromatic carbocycles. The number of thiol groups is 1. The summed E-state index contributed by atoms with van der Waals surface area (Å²) in [5.41, 5.74) is 1.27. The molecule has 1 N–H and O–H groups in total. The number of hydrogen-bond donors (Lipinski definition) is 2. The molecule has 1 heterocycles. The summed E-state index contributed by atoms with van der Waals surface area (Å²) in [5, 5.41) is 10.0. The van der Waals surface area contributed by atoms with Crippen molar-refractivity contribution in [1.82, 2.24) is 4.31 Å². The highest BCUT2D eigenvalue weighted by atomic mass is 32.1. The Bertz CT molecular complexity index is 490. The fraction of sp³-hybridized carbons (Fsp3) is 0.739. The first-order chi connectivity index (χ1) is 12.9. The minimum absolute atomic E-state index is 0.102. The van der Waals surface area contributed by atoms with Crippen LogP contribution in [0.5, 0.6) is 0 Å². The zero-order valence-electron chi connectivity index (χ0n) is 18.1. The number of aliphatic hydroxyl groups is 1. The van der Waals surface area contributed by atoms with Crippen molar-refractivity contribution in [3.8, 4) is 0 Å². The number of rotatable bonds is 5. The van der Waals surface area contributed by atoms with Crippen LogP contribution in [0.15, 0.2) is 30.3 Å². The molecule has 4 atom stereocenters. The molecule has 0 amide bonds. The van der Waals surface area contributed by atoms with E-state index in [2.05, 4.69) is 56.3 Å². The van der Waals surface area contributed by atoms with Crippen LogP contribution in [0.25, 0.3) is 0 Å². The van der Waals surface area contributed by atoms with Crippen LogP contribution < -0.4 is 0 Å². The van der Waals surface area contributed by atoms with Crippen LogP contribution >= 0.6 is 12.8 Å². The van der Waals surface area contributed by atoms with Crippen LogP contribution in [0, 0.1) is 17.8 Å². The summed E-state index contributed by atoms with van der Waals surface area (Å²) < 4.78 is 8.01. The molecule has 3 rings (SSSR count). The van der Waals surface area contributed by atoms with E-state index in [4.69, 9.17) is 17.6 Å². The molecule has 1 aromatic rings. The van der Waals surface area contributed by atoms with E-state index in [9.17, 15) is 5.11 Å². The molecule has 0 spiro atoms. The van der Waals surface area contributed by atoms with E-state index in [0.717, 1.165) is 25.3 Å². The third-order valence-electron chi connectivity index (χ3n) is 4.72. The first-order valence-corrected chi connectivity index (χ1v) is 11.1. The molecular weight excluding hydrogens is 354 g/mol. The fourth-order valence-electron chi connectivity index (χ4n) is 3.25. The van der Waals surface area contributed by atoms with Crippen LogP contribution in [0.2, 0.25) is 0 Å². The highest BCUT2D eigenvalue weighted by molar-refractivity contribution is 7.77. The van der Waals surface area contributed by atoms with Gasteiger partial charge in [-0.25, -0.2) is 4.31 Å².